The summed E-state index contributed by atoms with van der Waals surface area (Å²) in [5.74, 6) is -0.125. The molecule has 27 heavy (non-hydrogen) atoms. The molecule has 0 bridgehead atoms. The van der Waals surface area contributed by atoms with Crippen molar-refractivity contribution < 1.29 is 14.3 Å². The number of carbonyl (C=O) groups excluding carboxylic acids is 2. The van der Waals surface area contributed by atoms with Gasteiger partial charge in [0.15, 0.2) is 0 Å². The van der Waals surface area contributed by atoms with Gasteiger partial charge in [0.1, 0.15) is 10.7 Å². The van der Waals surface area contributed by atoms with E-state index in [-0.39, 0.29) is 10.6 Å². The Balaban J connectivity index is 1.84. The van der Waals surface area contributed by atoms with E-state index in [4.69, 9.17) is 40.2 Å². The molecular weight excluding hydrogens is 427 g/mol. The van der Waals surface area contributed by atoms with Crippen LogP contribution < -0.4 is 10.2 Å². The van der Waals surface area contributed by atoms with Crippen molar-refractivity contribution in [1.29, 1.82) is 0 Å². The Morgan fingerprint density at radius 3 is 2.52 bits per heavy atom. The minimum atomic E-state index is -0.513. The number of ether oxygens (including phenoxy) is 1. The number of nitrogens with one attached hydrogen (secondary N) is 1. The molecule has 2 amide bonds. The molecule has 0 aromatic heterocycles. The lowest BCUT2D eigenvalue weighted by molar-refractivity contribution is 0.0893. The van der Waals surface area contributed by atoms with Crippen molar-refractivity contribution in [2.75, 3.05) is 7.11 Å². The second-order valence-electron chi connectivity index (χ2n) is 5.29. The zero-order chi connectivity index (χ0) is 19.6. The summed E-state index contributed by atoms with van der Waals surface area (Å²) in [7, 11) is 1.46. The summed E-state index contributed by atoms with van der Waals surface area (Å²) in [6, 6.07) is 11.8. The molecule has 0 unspecified atom stereocenters. The number of hydrazine groups is 1. The van der Waals surface area contributed by atoms with Gasteiger partial charge in [-0.15, -0.1) is 0 Å². The summed E-state index contributed by atoms with van der Waals surface area (Å²) in [6.45, 7) is 0. The van der Waals surface area contributed by atoms with Crippen LogP contribution in [0.4, 0.5) is 4.79 Å². The normalized spacial score (nSPS) is 15.4. The van der Waals surface area contributed by atoms with Crippen molar-refractivity contribution in [2.45, 2.75) is 0 Å². The maximum Gasteiger partial charge on any atom is 0.310 e. The van der Waals surface area contributed by atoms with Gasteiger partial charge in [0.05, 0.1) is 17.6 Å². The molecule has 0 spiro atoms. The highest BCUT2D eigenvalue weighted by Crippen LogP contribution is 2.35. The molecule has 0 saturated carbocycles. The van der Waals surface area contributed by atoms with Crippen LogP contribution in [0.2, 0.25) is 10.0 Å². The number of amides is 2. The molecule has 1 N–H and O–H groups in total. The lowest BCUT2D eigenvalue weighted by Crippen LogP contribution is -2.44. The minimum absolute atomic E-state index is 0.157. The lowest BCUT2D eigenvalue weighted by Gasteiger charge is -2.17. The van der Waals surface area contributed by atoms with Gasteiger partial charge < -0.3 is 4.74 Å². The minimum Gasteiger partial charge on any atom is -0.496 e. The Bertz CT molecular complexity index is 959. The fourth-order valence-corrected chi connectivity index (χ4v) is 3.99. The average Bonchev–Trinajstić information content (AvgIpc) is 2.92. The second-order valence-corrected chi connectivity index (χ2v) is 7.49. The fraction of sp³-hybridized carbons (Fsp3) is 0.0556. The highest BCUT2D eigenvalue weighted by Gasteiger charge is 2.34. The van der Waals surface area contributed by atoms with E-state index in [1.807, 2.05) is 0 Å². The van der Waals surface area contributed by atoms with Gasteiger partial charge in [0.25, 0.3) is 5.91 Å². The summed E-state index contributed by atoms with van der Waals surface area (Å²) in [6.07, 6.45) is 1.63. The van der Waals surface area contributed by atoms with Crippen LogP contribution in [-0.2, 0) is 0 Å². The number of halogens is 2. The largest absolute Gasteiger partial charge is 0.496 e. The van der Waals surface area contributed by atoms with E-state index in [2.05, 4.69) is 5.43 Å². The van der Waals surface area contributed by atoms with E-state index in [0.717, 1.165) is 16.8 Å². The monoisotopic (exact) mass is 438 g/mol. The van der Waals surface area contributed by atoms with Crippen LogP contribution >= 0.6 is 47.2 Å². The van der Waals surface area contributed by atoms with E-state index in [0.29, 0.717) is 26.3 Å². The summed E-state index contributed by atoms with van der Waals surface area (Å²) in [4.78, 5) is 25.5. The first-order valence-corrected chi connectivity index (χ1v) is 9.56. The average molecular weight is 439 g/mol. The maximum absolute atomic E-state index is 12.5. The molecule has 0 radical (unpaired) electrons. The SMILES string of the molecule is COc1ccccc1C(=O)NN1C(=O)SC(=Cc2c(Cl)cccc2Cl)C1=S. The van der Waals surface area contributed by atoms with Crippen LogP contribution in [0.1, 0.15) is 15.9 Å². The zero-order valence-corrected chi connectivity index (χ0v) is 17.0. The molecule has 1 aliphatic heterocycles. The maximum atomic E-state index is 12.5. The second kappa shape index (κ2) is 8.31. The Hall–Kier alpha value is -2.06. The van der Waals surface area contributed by atoms with Crippen molar-refractivity contribution >= 4 is 69.4 Å². The topological polar surface area (TPSA) is 58.6 Å². The third-order valence-electron chi connectivity index (χ3n) is 3.63. The smallest absolute Gasteiger partial charge is 0.310 e. The van der Waals surface area contributed by atoms with Crippen LogP contribution in [0.15, 0.2) is 47.4 Å². The van der Waals surface area contributed by atoms with Crippen molar-refractivity contribution in [2.24, 2.45) is 0 Å². The zero-order valence-electron chi connectivity index (χ0n) is 13.9. The Morgan fingerprint density at radius 1 is 1.19 bits per heavy atom. The first-order chi connectivity index (χ1) is 12.9. The number of nitrogens with zero attached hydrogens (tertiary/aromatic N) is 1. The van der Waals surface area contributed by atoms with Crippen LogP contribution in [0.5, 0.6) is 5.75 Å². The van der Waals surface area contributed by atoms with Crippen molar-refractivity contribution in [3.8, 4) is 5.75 Å². The van der Waals surface area contributed by atoms with Crippen LogP contribution in [-0.4, -0.2) is 28.3 Å². The molecule has 0 atom stereocenters. The van der Waals surface area contributed by atoms with E-state index in [1.165, 1.54) is 7.11 Å². The number of thiocarbonyl (C=S) groups is 1. The van der Waals surface area contributed by atoms with Crippen LogP contribution in [0.25, 0.3) is 6.08 Å². The number of carbonyl (C=O) groups is 2. The van der Waals surface area contributed by atoms with Gasteiger partial charge in [0, 0.05) is 15.6 Å². The van der Waals surface area contributed by atoms with Crippen molar-refractivity contribution in [3.05, 3.63) is 68.5 Å². The van der Waals surface area contributed by atoms with Crippen molar-refractivity contribution in [1.82, 2.24) is 10.4 Å². The van der Waals surface area contributed by atoms with Gasteiger partial charge in [0.2, 0.25) is 0 Å². The number of benzene rings is 2. The summed E-state index contributed by atoms with van der Waals surface area (Å²) >= 11 is 18.5. The van der Waals surface area contributed by atoms with Crippen LogP contribution in [0.3, 0.4) is 0 Å². The first kappa shape index (κ1) is 19.7. The third-order valence-corrected chi connectivity index (χ3v) is 5.71. The number of methoxy groups -OCH3 is 1. The highest BCUT2D eigenvalue weighted by molar-refractivity contribution is 8.19. The molecule has 2 aromatic rings. The molecular formula is C18H12Cl2N2O3S2. The molecule has 2 aromatic carbocycles. The van der Waals surface area contributed by atoms with Crippen LogP contribution in [0, 0.1) is 0 Å². The number of rotatable bonds is 4. The van der Waals surface area contributed by atoms with Gasteiger partial charge in [-0.2, -0.15) is 5.01 Å². The quantitative estimate of drug-likeness (QED) is 0.525. The van der Waals surface area contributed by atoms with Gasteiger partial charge >= 0.3 is 5.24 Å². The summed E-state index contributed by atoms with van der Waals surface area (Å²) < 4.78 is 5.17. The molecule has 3 rings (SSSR count). The van der Waals surface area contributed by atoms with E-state index in [9.17, 15) is 9.59 Å². The molecule has 1 heterocycles. The van der Waals surface area contributed by atoms with Gasteiger partial charge in [-0.1, -0.05) is 53.6 Å². The summed E-state index contributed by atoms with van der Waals surface area (Å²) in [5, 5.41) is 1.45. The fourth-order valence-electron chi connectivity index (χ4n) is 2.34. The van der Waals surface area contributed by atoms with Gasteiger partial charge in [-0.05, 0) is 42.1 Å². The Labute approximate surface area is 175 Å². The van der Waals surface area contributed by atoms with E-state index < -0.39 is 11.1 Å². The molecule has 1 saturated heterocycles. The molecule has 5 nitrogen and oxygen atoms in total. The highest BCUT2D eigenvalue weighted by atomic mass is 35.5. The third kappa shape index (κ3) is 4.11. The molecule has 1 fully saturated rings. The number of hydrogen-bond donors (Lipinski definition) is 1. The lowest BCUT2D eigenvalue weighted by atomic mass is 10.2. The first-order valence-electron chi connectivity index (χ1n) is 7.58. The number of thioether (sulfide) groups is 1. The number of para-hydroxylation sites is 1. The van der Waals surface area contributed by atoms with Gasteiger partial charge in [-0.3, -0.25) is 15.0 Å². The number of hydrogen-bond acceptors (Lipinski definition) is 5. The Morgan fingerprint density at radius 2 is 1.85 bits per heavy atom. The predicted octanol–water partition coefficient (Wildman–Crippen LogP) is 5.18. The molecule has 0 aliphatic carbocycles. The molecule has 1 aliphatic rings. The van der Waals surface area contributed by atoms with E-state index in [1.54, 1.807) is 48.5 Å². The molecule has 9 heteroatoms. The summed E-state index contributed by atoms with van der Waals surface area (Å²) in [5.41, 5.74) is 3.35. The Kier molecular flexibility index (Phi) is 6.06. The van der Waals surface area contributed by atoms with Crippen molar-refractivity contribution in [3.63, 3.8) is 0 Å². The predicted molar refractivity (Wildman–Crippen MR) is 112 cm³/mol. The van der Waals surface area contributed by atoms with Gasteiger partial charge in [-0.25, -0.2) is 0 Å². The molecule has 138 valence electrons. The standard InChI is InChI=1S/C18H12Cl2N2O3S2/c1-25-14-8-3-2-5-10(14)16(23)21-22-17(26)15(27-18(22)24)9-11-12(19)6-4-7-13(11)20/h2-9H,1H3,(H,21,23). The van der Waals surface area contributed by atoms with E-state index >= 15 is 0 Å².